The fourth-order valence-electron chi connectivity index (χ4n) is 1.32. The van der Waals surface area contributed by atoms with E-state index < -0.39 is 0 Å². The van der Waals surface area contributed by atoms with Gasteiger partial charge in [0.05, 0.1) is 0 Å². The van der Waals surface area contributed by atoms with Crippen LogP contribution in [0.5, 0.6) is 0 Å². The van der Waals surface area contributed by atoms with Gasteiger partial charge < -0.3 is 16.0 Å². The minimum atomic E-state index is -0.311. The van der Waals surface area contributed by atoms with E-state index in [4.69, 9.17) is 11.6 Å². The van der Waals surface area contributed by atoms with Gasteiger partial charge in [-0.2, -0.15) is 0 Å². The number of hydrogen-bond acceptors (Lipinski definition) is 2. The maximum Gasteiger partial charge on any atom is 0.319 e. The first-order chi connectivity index (χ1) is 8.61. The molecule has 0 heterocycles. The van der Waals surface area contributed by atoms with Gasteiger partial charge in [0.15, 0.2) is 0 Å². The van der Waals surface area contributed by atoms with Gasteiger partial charge in [0.1, 0.15) is 0 Å². The molecule has 1 aromatic rings. The highest BCUT2D eigenvalue weighted by Gasteiger charge is 2.02. The number of amides is 3. The summed E-state index contributed by atoms with van der Waals surface area (Å²) in [6.07, 6.45) is 0.997. The van der Waals surface area contributed by atoms with Crippen LogP contribution in [0.2, 0.25) is 5.02 Å². The van der Waals surface area contributed by atoms with Crippen LogP contribution in [-0.4, -0.2) is 25.5 Å². The molecule has 3 amide bonds. The van der Waals surface area contributed by atoms with E-state index in [1.165, 1.54) is 0 Å². The molecule has 0 saturated carbocycles. The standard InChI is InChI=1S/C12H16ClN3O2/c1-14-11(17)6-3-7-15-12(18)16-10-5-2-4-9(13)8-10/h2,4-5,8H,3,6-7H2,1H3,(H,14,17)(H2,15,16,18). The van der Waals surface area contributed by atoms with Crippen molar-refractivity contribution in [3.63, 3.8) is 0 Å². The Bertz CT molecular complexity index is 424. The van der Waals surface area contributed by atoms with E-state index in [9.17, 15) is 9.59 Å². The lowest BCUT2D eigenvalue weighted by atomic mass is 10.3. The number of anilines is 1. The lowest BCUT2D eigenvalue weighted by Gasteiger charge is -2.07. The second-order valence-corrected chi connectivity index (χ2v) is 4.10. The lowest BCUT2D eigenvalue weighted by molar-refractivity contribution is -0.120. The van der Waals surface area contributed by atoms with Gasteiger partial charge in [-0.15, -0.1) is 0 Å². The summed E-state index contributed by atoms with van der Waals surface area (Å²) in [6.45, 7) is 0.444. The Balaban J connectivity index is 2.24. The van der Waals surface area contributed by atoms with Gasteiger partial charge in [-0.05, 0) is 24.6 Å². The zero-order chi connectivity index (χ0) is 13.4. The maximum absolute atomic E-state index is 11.5. The Labute approximate surface area is 111 Å². The minimum Gasteiger partial charge on any atom is -0.359 e. The molecule has 0 bridgehead atoms. The number of carbonyl (C=O) groups excluding carboxylic acids is 2. The molecular weight excluding hydrogens is 254 g/mol. The van der Waals surface area contributed by atoms with Crippen LogP contribution in [0.4, 0.5) is 10.5 Å². The van der Waals surface area contributed by atoms with Crippen molar-refractivity contribution in [2.24, 2.45) is 0 Å². The third kappa shape index (κ3) is 5.54. The van der Waals surface area contributed by atoms with Crippen molar-refractivity contribution < 1.29 is 9.59 Å². The first-order valence-electron chi connectivity index (χ1n) is 5.63. The topological polar surface area (TPSA) is 70.2 Å². The summed E-state index contributed by atoms with van der Waals surface area (Å²) in [6, 6.07) is 6.58. The first kappa shape index (κ1) is 14.3. The van der Waals surface area contributed by atoms with Gasteiger partial charge in [0.2, 0.25) is 5.91 Å². The number of nitrogens with one attached hydrogen (secondary N) is 3. The summed E-state index contributed by atoms with van der Waals surface area (Å²) >= 11 is 5.79. The van der Waals surface area contributed by atoms with E-state index >= 15 is 0 Å². The van der Waals surface area contributed by atoms with Gasteiger partial charge >= 0.3 is 6.03 Å². The molecule has 98 valence electrons. The van der Waals surface area contributed by atoms with Crippen molar-refractivity contribution in [3.05, 3.63) is 29.3 Å². The van der Waals surface area contributed by atoms with Crippen LogP contribution in [0.1, 0.15) is 12.8 Å². The van der Waals surface area contributed by atoms with E-state index in [-0.39, 0.29) is 11.9 Å². The zero-order valence-electron chi connectivity index (χ0n) is 10.1. The summed E-state index contributed by atoms with van der Waals surface area (Å²) in [7, 11) is 1.58. The first-order valence-corrected chi connectivity index (χ1v) is 6.00. The van der Waals surface area contributed by atoms with Gasteiger partial charge in [-0.25, -0.2) is 4.79 Å². The maximum atomic E-state index is 11.5. The lowest BCUT2D eigenvalue weighted by Crippen LogP contribution is -2.30. The summed E-state index contributed by atoms with van der Waals surface area (Å²) in [5, 5.41) is 8.39. The number of urea groups is 1. The van der Waals surface area contributed by atoms with Gasteiger partial charge in [0.25, 0.3) is 0 Å². The van der Waals surface area contributed by atoms with Crippen LogP contribution < -0.4 is 16.0 Å². The average Bonchev–Trinajstić information content (AvgIpc) is 2.34. The average molecular weight is 270 g/mol. The van der Waals surface area contributed by atoms with Crippen LogP contribution in [0.3, 0.4) is 0 Å². The third-order valence-electron chi connectivity index (χ3n) is 2.23. The Morgan fingerprint density at radius 2 is 2.11 bits per heavy atom. The van der Waals surface area contributed by atoms with Crippen molar-refractivity contribution in [2.75, 3.05) is 18.9 Å². The van der Waals surface area contributed by atoms with Crippen molar-refractivity contribution in [3.8, 4) is 0 Å². The SMILES string of the molecule is CNC(=O)CCCNC(=O)Nc1cccc(Cl)c1. The van der Waals surface area contributed by atoms with Crippen LogP contribution >= 0.6 is 11.6 Å². The molecule has 0 aliphatic carbocycles. The fourth-order valence-corrected chi connectivity index (χ4v) is 1.51. The quantitative estimate of drug-likeness (QED) is 0.716. The van der Waals surface area contributed by atoms with Crippen LogP contribution in [-0.2, 0) is 4.79 Å². The van der Waals surface area contributed by atoms with Crippen molar-refractivity contribution in [1.82, 2.24) is 10.6 Å². The summed E-state index contributed by atoms with van der Waals surface area (Å²) in [5.74, 6) is -0.0351. The van der Waals surface area contributed by atoms with Gasteiger partial charge in [-0.1, -0.05) is 17.7 Å². The van der Waals surface area contributed by atoms with E-state index in [2.05, 4.69) is 16.0 Å². The molecule has 0 aromatic heterocycles. The van der Waals surface area contributed by atoms with E-state index in [0.717, 1.165) is 0 Å². The molecule has 0 aliphatic heterocycles. The Hall–Kier alpha value is -1.75. The molecule has 5 nitrogen and oxygen atoms in total. The number of rotatable bonds is 5. The highest BCUT2D eigenvalue weighted by atomic mass is 35.5. The van der Waals surface area contributed by atoms with Crippen LogP contribution in [0.25, 0.3) is 0 Å². The second-order valence-electron chi connectivity index (χ2n) is 3.67. The molecular formula is C12H16ClN3O2. The largest absolute Gasteiger partial charge is 0.359 e. The van der Waals surface area contributed by atoms with Crippen molar-refractivity contribution in [2.45, 2.75) is 12.8 Å². The molecule has 0 spiro atoms. The minimum absolute atomic E-state index is 0.0351. The monoisotopic (exact) mass is 269 g/mol. The highest BCUT2D eigenvalue weighted by Crippen LogP contribution is 2.14. The Kier molecular flexibility index (Phi) is 6.00. The Morgan fingerprint density at radius 3 is 2.78 bits per heavy atom. The molecule has 0 unspecified atom stereocenters. The molecule has 18 heavy (non-hydrogen) atoms. The van der Waals surface area contributed by atoms with Gasteiger partial charge in [-0.3, -0.25) is 4.79 Å². The number of carbonyl (C=O) groups is 2. The second kappa shape index (κ2) is 7.55. The normalized spacial score (nSPS) is 9.67. The Morgan fingerprint density at radius 1 is 1.33 bits per heavy atom. The highest BCUT2D eigenvalue weighted by molar-refractivity contribution is 6.30. The molecule has 6 heteroatoms. The van der Waals surface area contributed by atoms with Gasteiger partial charge in [0, 0.05) is 30.7 Å². The van der Waals surface area contributed by atoms with E-state index in [1.54, 1.807) is 31.3 Å². The molecule has 0 atom stereocenters. The fraction of sp³-hybridized carbons (Fsp3) is 0.333. The smallest absolute Gasteiger partial charge is 0.319 e. The van der Waals surface area contributed by atoms with Crippen LogP contribution in [0, 0.1) is 0 Å². The predicted molar refractivity (Wildman–Crippen MR) is 71.8 cm³/mol. The molecule has 1 aromatic carbocycles. The molecule has 0 aliphatic rings. The predicted octanol–water partition coefficient (Wildman–Crippen LogP) is 1.99. The van der Waals surface area contributed by atoms with Crippen molar-refractivity contribution >= 4 is 29.2 Å². The summed E-state index contributed by atoms with van der Waals surface area (Å²) in [5.41, 5.74) is 0.631. The third-order valence-corrected chi connectivity index (χ3v) is 2.46. The molecule has 0 radical (unpaired) electrons. The molecule has 3 N–H and O–H groups in total. The number of hydrogen-bond donors (Lipinski definition) is 3. The number of benzene rings is 1. The molecule has 0 fully saturated rings. The number of halogens is 1. The molecule has 1 rings (SSSR count). The summed E-state index contributed by atoms with van der Waals surface area (Å²) < 4.78 is 0. The van der Waals surface area contributed by atoms with E-state index in [0.29, 0.717) is 30.1 Å². The summed E-state index contributed by atoms with van der Waals surface area (Å²) in [4.78, 5) is 22.4. The molecule has 0 saturated heterocycles. The van der Waals surface area contributed by atoms with Crippen molar-refractivity contribution in [1.29, 1.82) is 0 Å². The zero-order valence-corrected chi connectivity index (χ0v) is 10.9. The van der Waals surface area contributed by atoms with E-state index in [1.807, 2.05) is 0 Å². The van der Waals surface area contributed by atoms with Crippen LogP contribution in [0.15, 0.2) is 24.3 Å².